The van der Waals surface area contributed by atoms with Crippen LogP contribution in [0.15, 0.2) is 12.4 Å². The van der Waals surface area contributed by atoms with Gasteiger partial charge in [0, 0.05) is 12.4 Å². The summed E-state index contributed by atoms with van der Waals surface area (Å²) in [5.41, 5.74) is 0. The highest BCUT2D eigenvalue weighted by molar-refractivity contribution is 4.82. The minimum Gasteiger partial charge on any atom is -0.272 e. The average Bonchev–Trinajstić information content (AvgIpc) is 2.38. The predicted molar refractivity (Wildman–Crippen MR) is 40.9 cm³/mol. The first kappa shape index (κ1) is 8.36. The van der Waals surface area contributed by atoms with E-state index in [1.165, 1.54) is 0 Å². The summed E-state index contributed by atoms with van der Waals surface area (Å²) in [4.78, 5) is 10.4. The zero-order valence-corrected chi connectivity index (χ0v) is 6.99. The van der Waals surface area contributed by atoms with Gasteiger partial charge in [0.15, 0.2) is 0 Å². The predicted octanol–water partition coefficient (Wildman–Crippen LogP) is 0.936. The van der Waals surface area contributed by atoms with Gasteiger partial charge in [0.25, 0.3) is 0 Å². The molecule has 0 bridgehead atoms. The topological polar surface area (TPSA) is 24.9 Å². The normalized spacial score (nSPS) is 16.5. The van der Waals surface area contributed by atoms with Crippen molar-refractivity contribution < 1.29 is 9.68 Å². The Morgan fingerprint density at radius 3 is 1.91 bits per heavy atom. The van der Waals surface area contributed by atoms with E-state index in [0.717, 1.165) is 0 Å². The van der Waals surface area contributed by atoms with E-state index in [0.29, 0.717) is 19.9 Å². The van der Waals surface area contributed by atoms with Crippen LogP contribution in [0.3, 0.4) is 0 Å². The molecule has 0 unspecified atom stereocenters. The van der Waals surface area contributed by atoms with Crippen LogP contribution in [-0.4, -0.2) is 30.0 Å². The van der Waals surface area contributed by atoms with Crippen molar-refractivity contribution in [2.45, 2.75) is 13.8 Å². The van der Waals surface area contributed by atoms with Gasteiger partial charge in [0.05, 0.1) is 13.2 Å². The lowest BCUT2D eigenvalue weighted by Gasteiger charge is -2.18. The summed E-state index contributed by atoms with van der Waals surface area (Å²) in [6, 6.07) is 0. The maximum Gasteiger partial charge on any atom is 0.141 e. The maximum absolute atomic E-state index is 5.20. The second kappa shape index (κ2) is 4.20. The van der Waals surface area contributed by atoms with E-state index in [2.05, 4.69) is 0 Å². The van der Waals surface area contributed by atoms with E-state index in [1.807, 2.05) is 26.2 Å². The summed E-state index contributed by atoms with van der Waals surface area (Å²) in [5.74, 6) is 0. The molecule has 0 N–H and O–H groups in total. The summed E-state index contributed by atoms with van der Waals surface area (Å²) in [6.07, 6.45) is 3.69. The molecule has 0 fully saturated rings. The first-order chi connectivity index (χ1) is 5.36. The Bertz CT molecular complexity index is 124. The molecule has 1 heterocycles. The minimum atomic E-state index is 0.654. The SMILES string of the molecule is CCON1C=CN(OCC)C1. The number of hydroxylamine groups is 4. The van der Waals surface area contributed by atoms with Crippen LogP contribution in [0.5, 0.6) is 0 Å². The Balaban J connectivity index is 2.19. The highest BCUT2D eigenvalue weighted by Gasteiger charge is 2.11. The van der Waals surface area contributed by atoms with Crippen molar-refractivity contribution in [3.63, 3.8) is 0 Å². The summed E-state index contributed by atoms with van der Waals surface area (Å²) in [5, 5.41) is 3.46. The average molecular weight is 158 g/mol. The fraction of sp³-hybridized carbons (Fsp3) is 0.714. The van der Waals surface area contributed by atoms with Crippen LogP contribution < -0.4 is 0 Å². The minimum absolute atomic E-state index is 0.654. The highest BCUT2D eigenvalue weighted by Crippen LogP contribution is 2.06. The fourth-order valence-corrected chi connectivity index (χ4v) is 0.880. The van der Waals surface area contributed by atoms with Crippen LogP contribution in [0.2, 0.25) is 0 Å². The molecule has 64 valence electrons. The lowest BCUT2D eigenvalue weighted by molar-refractivity contribution is -0.191. The summed E-state index contributed by atoms with van der Waals surface area (Å²) in [6.45, 7) is 5.94. The fourth-order valence-electron chi connectivity index (χ4n) is 0.880. The van der Waals surface area contributed by atoms with Crippen molar-refractivity contribution in [3.05, 3.63) is 12.4 Å². The number of rotatable bonds is 4. The first-order valence-electron chi connectivity index (χ1n) is 3.84. The van der Waals surface area contributed by atoms with Gasteiger partial charge in [0.2, 0.25) is 0 Å². The zero-order chi connectivity index (χ0) is 8.10. The maximum atomic E-state index is 5.20. The van der Waals surface area contributed by atoms with Crippen molar-refractivity contribution in [2.75, 3.05) is 19.9 Å². The van der Waals surface area contributed by atoms with Crippen molar-refractivity contribution >= 4 is 0 Å². The van der Waals surface area contributed by atoms with Gasteiger partial charge in [-0.05, 0) is 13.8 Å². The molecule has 1 aliphatic heterocycles. The van der Waals surface area contributed by atoms with E-state index >= 15 is 0 Å². The number of hydrogen-bond donors (Lipinski definition) is 0. The molecule has 0 aromatic rings. The molecule has 0 radical (unpaired) electrons. The van der Waals surface area contributed by atoms with E-state index in [1.54, 1.807) is 10.1 Å². The largest absolute Gasteiger partial charge is 0.272 e. The zero-order valence-electron chi connectivity index (χ0n) is 6.99. The lowest BCUT2D eigenvalue weighted by Crippen LogP contribution is -2.25. The first-order valence-corrected chi connectivity index (χ1v) is 3.84. The quantitative estimate of drug-likeness (QED) is 0.607. The van der Waals surface area contributed by atoms with Gasteiger partial charge in [-0.1, -0.05) is 0 Å². The van der Waals surface area contributed by atoms with Crippen molar-refractivity contribution in [1.29, 1.82) is 0 Å². The molecule has 1 rings (SSSR count). The monoisotopic (exact) mass is 158 g/mol. The van der Waals surface area contributed by atoms with Crippen molar-refractivity contribution in [3.8, 4) is 0 Å². The molecule has 0 saturated carbocycles. The van der Waals surface area contributed by atoms with Gasteiger partial charge in [-0.3, -0.25) is 9.68 Å². The van der Waals surface area contributed by atoms with Crippen LogP contribution in [0.1, 0.15) is 13.8 Å². The van der Waals surface area contributed by atoms with Crippen molar-refractivity contribution in [1.82, 2.24) is 10.1 Å². The molecule has 0 aromatic carbocycles. The second-order valence-corrected chi connectivity index (χ2v) is 2.11. The summed E-state index contributed by atoms with van der Waals surface area (Å²) < 4.78 is 0. The molecule has 0 atom stereocenters. The third kappa shape index (κ3) is 2.40. The van der Waals surface area contributed by atoms with Gasteiger partial charge in [0.1, 0.15) is 6.67 Å². The van der Waals surface area contributed by atoms with Crippen LogP contribution in [-0.2, 0) is 9.68 Å². The van der Waals surface area contributed by atoms with E-state index in [9.17, 15) is 0 Å². The third-order valence-corrected chi connectivity index (χ3v) is 1.27. The molecule has 0 amide bonds. The molecule has 4 nitrogen and oxygen atoms in total. The molecule has 0 aliphatic carbocycles. The smallest absolute Gasteiger partial charge is 0.141 e. The molecular weight excluding hydrogens is 144 g/mol. The van der Waals surface area contributed by atoms with E-state index in [-0.39, 0.29) is 0 Å². The summed E-state index contributed by atoms with van der Waals surface area (Å²) in [7, 11) is 0. The van der Waals surface area contributed by atoms with E-state index in [4.69, 9.17) is 9.68 Å². The molecule has 1 aliphatic rings. The van der Waals surface area contributed by atoms with Gasteiger partial charge in [-0.15, -0.1) is 0 Å². The van der Waals surface area contributed by atoms with Gasteiger partial charge < -0.3 is 0 Å². The standard InChI is InChI=1S/C7H14N2O2/c1-3-10-8-5-6-9(7-8)11-4-2/h5-6H,3-4,7H2,1-2H3. The molecule has 11 heavy (non-hydrogen) atoms. The third-order valence-electron chi connectivity index (χ3n) is 1.27. The second-order valence-electron chi connectivity index (χ2n) is 2.11. The highest BCUT2D eigenvalue weighted by atomic mass is 16.7. The Morgan fingerprint density at radius 2 is 1.55 bits per heavy atom. The Labute approximate surface area is 66.9 Å². The molecule has 0 aromatic heterocycles. The summed E-state index contributed by atoms with van der Waals surface area (Å²) >= 11 is 0. The Morgan fingerprint density at radius 1 is 1.09 bits per heavy atom. The Hall–Kier alpha value is -0.740. The molecule has 4 heteroatoms. The van der Waals surface area contributed by atoms with Crippen LogP contribution in [0, 0.1) is 0 Å². The molecule has 0 saturated heterocycles. The van der Waals surface area contributed by atoms with Gasteiger partial charge in [-0.2, -0.15) is 0 Å². The molecule has 0 spiro atoms. The van der Waals surface area contributed by atoms with Gasteiger partial charge >= 0.3 is 0 Å². The van der Waals surface area contributed by atoms with Crippen molar-refractivity contribution in [2.24, 2.45) is 0 Å². The van der Waals surface area contributed by atoms with Crippen LogP contribution >= 0.6 is 0 Å². The molecular formula is C7H14N2O2. The Kier molecular flexibility index (Phi) is 3.19. The van der Waals surface area contributed by atoms with E-state index < -0.39 is 0 Å². The van der Waals surface area contributed by atoms with Crippen LogP contribution in [0.25, 0.3) is 0 Å². The number of nitrogens with zero attached hydrogens (tertiary/aromatic N) is 2. The number of hydrogen-bond acceptors (Lipinski definition) is 4. The lowest BCUT2D eigenvalue weighted by atomic mass is 10.9. The van der Waals surface area contributed by atoms with Gasteiger partial charge in [-0.25, -0.2) is 10.1 Å². The van der Waals surface area contributed by atoms with Crippen LogP contribution in [0.4, 0.5) is 0 Å².